The molecule has 150 valence electrons. The number of methoxy groups -OCH3 is 2. The minimum Gasteiger partial charge on any atom is -0.495 e. The highest BCUT2D eigenvalue weighted by molar-refractivity contribution is 6.10. The summed E-state index contributed by atoms with van der Waals surface area (Å²) in [6.07, 6.45) is 1.56. The van der Waals surface area contributed by atoms with Crippen LogP contribution in [0.2, 0.25) is 0 Å². The van der Waals surface area contributed by atoms with Gasteiger partial charge in [-0.25, -0.2) is 4.79 Å². The number of hydrogen-bond acceptors (Lipinski definition) is 8. The number of benzene rings is 1. The van der Waals surface area contributed by atoms with Crippen molar-refractivity contribution in [1.29, 1.82) is 0 Å². The molecule has 1 fully saturated rings. The molecule has 0 atom stereocenters. The molecule has 0 amide bonds. The second kappa shape index (κ2) is 7.73. The van der Waals surface area contributed by atoms with E-state index in [4.69, 9.17) is 27.8 Å². The van der Waals surface area contributed by atoms with E-state index in [1.165, 1.54) is 7.11 Å². The van der Waals surface area contributed by atoms with Crippen LogP contribution in [0.1, 0.15) is 16.1 Å². The molecular formula is C20H23NO7. The van der Waals surface area contributed by atoms with Crippen LogP contribution in [0.15, 0.2) is 21.2 Å². The van der Waals surface area contributed by atoms with Crippen molar-refractivity contribution in [3.8, 4) is 11.5 Å². The predicted octanol–water partition coefficient (Wildman–Crippen LogP) is 2.99. The van der Waals surface area contributed by atoms with Gasteiger partial charge in [-0.3, -0.25) is 4.90 Å². The summed E-state index contributed by atoms with van der Waals surface area (Å²) in [6.45, 7) is 5.84. The van der Waals surface area contributed by atoms with Gasteiger partial charge in [-0.2, -0.15) is 0 Å². The zero-order valence-electron chi connectivity index (χ0n) is 16.2. The van der Waals surface area contributed by atoms with E-state index < -0.39 is 5.97 Å². The summed E-state index contributed by atoms with van der Waals surface area (Å²) in [6, 6.07) is 1.79. The first-order valence-electron chi connectivity index (χ1n) is 9.17. The normalized spacial score (nSPS) is 15.2. The van der Waals surface area contributed by atoms with Crippen molar-refractivity contribution in [1.82, 2.24) is 4.90 Å². The minimum absolute atomic E-state index is 0.140. The molecule has 8 nitrogen and oxygen atoms in total. The number of nitrogens with zero attached hydrogens (tertiary/aromatic N) is 1. The molecule has 2 aromatic heterocycles. The lowest BCUT2D eigenvalue weighted by molar-refractivity contribution is 0.0182. The molecule has 0 saturated carbocycles. The van der Waals surface area contributed by atoms with Crippen LogP contribution in [-0.4, -0.2) is 64.5 Å². The van der Waals surface area contributed by atoms with Gasteiger partial charge >= 0.3 is 5.97 Å². The summed E-state index contributed by atoms with van der Waals surface area (Å²) in [5, 5.41) is 1.43. The highest BCUT2D eigenvalue weighted by Crippen LogP contribution is 2.46. The molecule has 0 aliphatic carbocycles. The molecule has 3 heterocycles. The Kier molecular flexibility index (Phi) is 5.15. The number of carbonyl (C=O) groups excluding carboxylic acids is 1. The lowest BCUT2D eigenvalue weighted by Crippen LogP contribution is -2.38. The molecule has 0 spiro atoms. The third-order valence-corrected chi connectivity index (χ3v) is 5.03. The number of ether oxygens (including phenoxy) is 4. The number of aryl methyl sites for hydroxylation is 1. The van der Waals surface area contributed by atoms with Crippen LogP contribution in [0, 0.1) is 6.92 Å². The summed E-state index contributed by atoms with van der Waals surface area (Å²) in [5.74, 6) is 0.628. The molecule has 3 aromatic rings. The molecule has 0 bridgehead atoms. The zero-order chi connectivity index (χ0) is 19.7. The van der Waals surface area contributed by atoms with Gasteiger partial charge in [-0.1, -0.05) is 0 Å². The van der Waals surface area contributed by atoms with Gasteiger partial charge in [-0.15, -0.1) is 0 Å². The smallest absolute Gasteiger partial charge is 0.374 e. The number of carbonyl (C=O) groups is 1. The number of rotatable bonds is 6. The fourth-order valence-electron chi connectivity index (χ4n) is 3.60. The first-order chi connectivity index (χ1) is 13.7. The largest absolute Gasteiger partial charge is 0.495 e. The first-order valence-corrected chi connectivity index (χ1v) is 9.17. The Labute approximate surface area is 161 Å². The van der Waals surface area contributed by atoms with Gasteiger partial charge in [0, 0.05) is 25.2 Å². The average Bonchev–Trinajstić information content (AvgIpc) is 3.32. The van der Waals surface area contributed by atoms with Crippen molar-refractivity contribution in [3.05, 3.63) is 23.7 Å². The zero-order valence-corrected chi connectivity index (χ0v) is 16.2. The molecule has 1 aromatic carbocycles. The van der Waals surface area contributed by atoms with E-state index in [2.05, 4.69) is 4.90 Å². The maximum atomic E-state index is 12.6. The third-order valence-electron chi connectivity index (χ3n) is 5.03. The van der Waals surface area contributed by atoms with Gasteiger partial charge in [0.25, 0.3) is 0 Å². The van der Waals surface area contributed by atoms with E-state index in [-0.39, 0.29) is 12.4 Å². The molecule has 4 rings (SSSR count). The maximum absolute atomic E-state index is 12.6. The summed E-state index contributed by atoms with van der Waals surface area (Å²) in [5.41, 5.74) is 1.55. The lowest BCUT2D eigenvalue weighted by atomic mass is 10.1. The van der Waals surface area contributed by atoms with Gasteiger partial charge in [-0.05, 0) is 13.0 Å². The fourth-order valence-corrected chi connectivity index (χ4v) is 3.60. The Morgan fingerprint density at radius 1 is 1.14 bits per heavy atom. The predicted molar refractivity (Wildman–Crippen MR) is 101 cm³/mol. The van der Waals surface area contributed by atoms with Crippen molar-refractivity contribution in [3.63, 3.8) is 0 Å². The minimum atomic E-state index is -0.511. The Bertz CT molecular complexity index is 997. The van der Waals surface area contributed by atoms with Crippen molar-refractivity contribution >= 4 is 27.9 Å². The van der Waals surface area contributed by atoms with E-state index >= 15 is 0 Å². The van der Waals surface area contributed by atoms with Crippen LogP contribution in [0.3, 0.4) is 0 Å². The monoisotopic (exact) mass is 389 g/mol. The van der Waals surface area contributed by atoms with Gasteiger partial charge in [0.1, 0.15) is 12.4 Å². The fraction of sp³-hybridized carbons (Fsp3) is 0.450. The molecule has 0 unspecified atom stereocenters. The van der Waals surface area contributed by atoms with Gasteiger partial charge in [0.2, 0.25) is 11.5 Å². The summed E-state index contributed by atoms with van der Waals surface area (Å²) in [4.78, 5) is 14.8. The highest BCUT2D eigenvalue weighted by atomic mass is 16.5. The van der Waals surface area contributed by atoms with Crippen LogP contribution in [-0.2, 0) is 9.47 Å². The van der Waals surface area contributed by atoms with Crippen LogP contribution in [0.25, 0.3) is 21.9 Å². The molecule has 1 aliphatic heterocycles. The van der Waals surface area contributed by atoms with Gasteiger partial charge < -0.3 is 27.8 Å². The Hall–Kier alpha value is -2.71. The van der Waals surface area contributed by atoms with Crippen LogP contribution < -0.4 is 9.47 Å². The summed E-state index contributed by atoms with van der Waals surface area (Å²) < 4.78 is 33.3. The number of furan rings is 2. The average molecular weight is 389 g/mol. The topological polar surface area (TPSA) is 83.5 Å². The Balaban J connectivity index is 1.64. The third kappa shape index (κ3) is 3.08. The molecule has 1 saturated heterocycles. The van der Waals surface area contributed by atoms with Gasteiger partial charge in [0.05, 0.1) is 44.5 Å². The van der Waals surface area contributed by atoms with E-state index in [0.717, 1.165) is 18.5 Å². The molecule has 0 radical (unpaired) electrons. The lowest BCUT2D eigenvalue weighted by Gasteiger charge is -2.26. The second-order valence-corrected chi connectivity index (χ2v) is 6.58. The van der Waals surface area contributed by atoms with Gasteiger partial charge in [0.15, 0.2) is 11.2 Å². The number of esters is 1. The first kappa shape index (κ1) is 18.6. The van der Waals surface area contributed by atoms with E-state index in [0.29, 0.717) is 53.4 Å². The van der Waals surface area contributed by atoms with Crippen molar-refractivity contribution in [2.45, 2.75) is 6.92 Å². The van der Waals surface area contributed by atoms with Crippen LogP contribution >= 0.6 is 0 Å². The SMILES string of the molecule is COc1c2occc2c(OC)c2c(C)c(C(=O)OCCN3CCOCC3)oc12. The van der Waals surface area contributed by atoms with E-state index in [1.807, 2.05) is 0 Å². The standard InChI is InChI=1S/C20H23NO7/c1-12-14-16(23-2)13-4-8-26-17(13)19(24-3)18(14)28-15(12)20(22)27-11-7-21-5-9-25-10-6-21/h4,8H,5-7,9-11H2,1-3H3. The van der Waals surface area contributed by atoms with Crippen LogP contribution in [0.5, 0.6) is 11.5 Å². The molecule has 8 heteroatoms. The van der Waals surface area contributed by atoms with E-state index in [9.17, 15) is 4.79 Å². The molecular weight excluding hydrogens is 366 g/mol. The summed E-state index contributed by atoms with van der Waals surface area (Å²) >= 11 is 0. The molecule has 28 heavy (non-hydrogen) atoms. The highest BCUT2D eigenvalue weighted by Gasteiger charge is 2.28. The van der Waals surface area contributed by atoms with Crippen molar-refractivity contribution in [2.24, 2.45) is 0 Å². The molecule has 0 N–H and O–H groups in total. The Morgan fingerprint density at radius 3 is 2.61 bits per heavy atom. The van der Waals surface area contributed by atoms with Crippen molar-refractivity contribution < 1.29 is 32.6 Å². The second-order valence-electron chi connectivity index (χ2n) is 6.58. The number of fused-ring (bicyclic) bond motifs is 2. The molecule has 1 aliphatic rings. The summed E-state index contributed by atoms with van der Waals surface area (Å²) in [7, 11) is 3.10. The maximum Gasteiger partial charge on any atom is 0.374 e. The Morgan fingerprint density at radius 2 is 1.89 bits per heavy atom. The number of morpholine rings is 1. The van der Waals surface area contributed by atoms with Crippen LogP contribution in [0.4, 0.5) is 0 Å². The quantitative estimate of drug-likeness (QED) is 0.595. The number of hydrogen-bond donors (Lipinski definition) is 0. The van der Waals surface area contributed by atoms with E-state index in [1.54, 1.807) is 26.4 Å². The van der Waals surface area contributed by atoms with Crippen molar-refractivity contribution in [2.75, 3.05) is 53.7 Å².